The van der Waals surface area contributed by atoms with Crippen LogP contribution in [0.3, 0.4) is 0 Å². The molecule has 2 N–H and O–H groups in total. The van der Waals surface area contributed by atoms with E-state index in [4.69, 9.17) is 5.73 Å². The summed E-state index contributed by atoms with van der Waals surface area (Å²) in [4.78, 5) is 12.3. The Balaban J connectivity index is 2.18. The van der Waals surface area contributed by atoms with Crippen molar-refractivity contribution in [3.05, 3.63) is 69.7 Å². The van der Waals surface area contributed by atoms with E-state index in [1.165, 1.54) is 0 Å². The van der Waals surface area contributed by atoms with Crippen LogP contribution in [0.15, 0.2) is 53.0 Å². The van der Waals surface area contributed by atoms with Crippen LogP contribution in [0.4, 0.5) is 0 Å². The van der Waals surface area contributed by atoms with Gasteiger partial charge in [0.05, 0.1) is 0 Å². The highest BCUT2D eigenvalue weighted by atomic mass is 79.9. The number of carbonyl (C=O) groups is 1. The maximum absolute atomic E-state index is 12.3. The lowest BCUT2D eigenvalue weighted by Crippen LogP contribution is -2.10. The van der Waals surface area contributed by atoms with Gasteiger partial charge in [0.15, 0.2) is 5.78 Å². The summed E-state index contributed by atoms with van der Waals surface area (Å²) in [7, 11) is 0. The van der Waals surface area contributed by atoms with Gasteiger partial charge in [-0.3, -0.25) is 4.79 Å². The minimum atomic E-state index is 0.145. The van der Waals surface area contributed by atoms with Crippen molar-refractivity contribution in [3.8, 4) is 0 Å². The van der Waals surface area contributed by atoms with Gasteiger partial charge in [0.1, 0.15) is 0 Å². The van der Waals surface area contributed by atoms with E-state index in [0.717, 1.165) is 27.6 Å². The predicted molar refractivity (Wildman–Crippen MR) is 81.4 cm³/mol. The molecule has 0 unspecified atom stereocenters. The third kappa shape index (κ3) is 3.75. The van der Waals surface area contributed by atoms with Crippen molar-refractivity contribution in [2.75, 3.05) is 6.54 Å². The SMILES string of the molecule is NCCc1ccccc1C(=O)Cc1ccc(Br)cc1. The lowest BCUT2D eigenvalue weighted by Gasteiger charge is -2.07. The molecule has 0 bridgehead atoms. The van der Waals surface area contributed by atoms with Crippen molar-refractivity contribution >= 4 is 21.7 Å². The van der Waals surface area contributed by atoms with E-state index in [1.54, 1.807) is 0 Å². The van der Waals surface area contributed by atoms with Gasteiger partial charge in [-0.05, 0) is 36.2 Å². The van der Waals surface area contributed by atoms with Gasteiger partial charge in [-0.2, -0.15) is 0 Å². The Labute approximate surface area is 121 Å². The van der Waals surface area contributed by atoms with Gasteiger partial charge in [0.2, 0.25) is 0 Å². The molecule has 2 aromatic carbocycles. The predicted octanol–water partition coefficient (Wildman–Crippen LogP) is 3.38. The Hall–Kier alpha value is -1.45. The molecule has 0 fully saturated rings. The van der Waals surface area contributed by atoms with E-state index < -0.39 is 0 Å². The van der Waals surface area contributed by atoms with Gasteiger partial charge < -0.3 is 5.73 Å². The number of benzene rings is 2. The smallest absolute Gasteiger partial charge is 0.167 e. The topological polar surface area (TPSA) is 43.1 Å². The van der Waals surface area contributed by atoms with E-state index in [9.17, 15) is 4.79 Å². The molecular formula is C16H16BrNO. The van der Waals surface area contributed by atoms with Crippen molar-refractivity contribution in [1.82, 2.24) is 0 Å². The van der Waals surface area contributed by atoms with Crippen molar-refractivity contribution in [1.29, 1.82) is 0 Å². The largest absolute Gasteiger partial charge is 0.330 e. The van der Waals surface area contributed by atoms with Crippen LogP contribution >= 0.6 is 15.9 Å². The number of hydrogen-bond donors (Lipinski definition) is 1. The lowest BCUT2D eigenvalue weighted by molar-refractivity contribution is 0.0992. The second-order valence-corrected chi connectivity index (χ2v) is 5.34. The van der Waals surface area contributed by atoms with Crippen LogP contribution in [0.2, 0.25) is 0 Å². The molecule has 0 atom stereocenters. The number of Topliss-reactive ketones (excluding diaryl/α,β-unsaturated/α-hetero) is 1. The average Bonchev–Trinajstić information content (AvgIpc) is 2.42. The average molecular weight is 318 g/mol. The second kappa shape index (κ2) is 6.64. The zero-order valence-corrected chi connectivity index (χ0v) is 12.2. The summed E-state index contributed by atoms with van der Waals surface area (Å²) in [5.41, 5.74) is 8.43. The van der Waals surface area contributed by atoms with Crippen LogP contribution in [-0.2, 0) is 12.8 Å². The first-order valence-electron chi connectivity index (χ1n) is 6.26. The molecule has 0 aliphatic heterocycles. The van der Waals surface area contributed by atoms with Gasteiger partial charge in [-0.15, -0.1) is 0 Å². The Bertz CT molecular complexity index is 563. The molecule has 98 valence electrons. The first kappa shape index (κ1) is 14.0. The van der Waals surface area contributed by atoms with E-state index in [1.807, 2.05) is 48.5 Å². The number of nitrogens with two attached hydrogens (primary N) is 1. The number of rotatable bonds is 5. The summed E-state index contributed by atoms with van der Waals surface area (Å²) in [5, 5.41) is 0. The van der Waals surface area contributed by atoms with Gasteiger partial charge in [0.25, 0.3) is 0 Å². The Morgan fingerprint density at radius 3 is 2.42 bits per heavy atom. The normalized spacial score (nSPS) is 10.4. The Morgan fingerprint density at radius 1 is 1.05 bits per heavy atom. The first-order valence-corrected chi connectivity index (χ1v) is 7.05. The molecule has 2 aromatic rings. The fourth-order valence-corrected chi connectivity index (χ4v) is 2.31. The first-order chi connectivity index (χ1) is 9.20. The molecule has 0 spiro atoms. The van der Waals surface area contributed by atoms with Crippen LogP contribution in [0.25, 0.3) is 0 Å². The minimum Gasteiger partial charge on any atom is -0.330 e. The molecule has 0 aromatic heterocycles. The quantitative estimate of drug-likeness (QED) is 0.859. The fraction of sp³-hybridized carbons (Fsp3) is 0.188. The number of carbonyl (C=O) groups excluding carboxylic acids is 1. The minimum absolute atomic E-state index is 0.145. The zero-order chi connectivity index (χ0) is 13.7. The highest BCUT2D eigenvalue weighted by Gasteiger charge is 2.11. The molecule has 0 saturated heterocycles. The van der Waals surface area contributed by atoms with Gasteiger partial charge in [-0.25, -0.2) is 0 Å². The van der Waals surface area contributed by atoms with Gasteiger partial charge in [-0.1, -0.05) is 52.3 Å². The van der Waals surface area contributed by atoms with Crippen LogP contribution in [0.1, 0.15) is 21.5 Å². The third-order valence-electron chi connectivity index (χ3n) is 3.01. The highest BCUT2D eigenvalue weighted by molar-refractivity contribution is 9.10. The summed E-state index contributed by atoms with van der Waals surface area (Å²) in [6.45, 7) is 0.558. The third-order valence-corrected chi connectivity index (χ3v) is 3.54. The van der Waals surface area contributed by atoms with Gasteiger partial charge in [0, 0.05) is 16.5 Å². The zero-order valence-electron chi connectivity index (χ0n) is 10.6. The van der Waals surface area contributed by atoms with Crippen LogP contribution in [0, 0.1) is 0 Å². The van der Waals surface area contributed by atoms with E-state index in [0.29, 0.717) is 13.0 Å². The monoisotopic (exact) mass is 317 g/mol. The van der Waals surface area contributed by atoms with Crippen molar-refractivity contribution < 1.29 is 4.79 Å². The number of halogens is 1. The van der Waals surface area contributed by atoms with Gasteiger partial charge >= 0.3 is 0 Å². The van der Waals surface area contributed by atoms with E-state index in [-0.39, 0.29) is 5.78 Å². The van der Waals surface area contributed by atoms with Crippen molar-refractivity contribution in [3.63, 3.8) is 0 Å². The van der Waals surface area contributed by atoms with Crippen LogP contribution < -0.4 is 5.73 Å². The molecule has 2 rings (SSSR count). The Morgan fingerprint density at radius 2 is 1.74 bits per heavy atom. The van der Waals surface area contributed by atoms with Crippen LogP contribution in [-0.4, -0.2) is 12.3 Å². The van der Waals surface area contributed by atoms with Crippen molar-refractivity contribution in [2.24, 2.45) is 5.73 Å². The van der Waals surface area contributed by atoms with E-state index in [2.05, 4.69) is 15.9 Å². The summed E-state index contributed by atoms with van der Waals surface area (Å²) in [6, 6.07) is 15.5. The molecule has 3 heteroatoms. The Kier molecular flexibility index (Phi) is 4.88. The standard InChI is InChI=1S/C16H16BrNO/c17-14-7-5-12(6-8-14)11-16(19)15-4-2-1-3-13(15)9-10-18/h1-8H,9-11,18H2. The molecule has 0 radical (unpaired) electrons. The number of ketones is 1. The highest BCUT2D eigenvalue weighted by Crippen LogP contribution is 2.15. The summed E-state index contributed by atoms with van der Waals surface area (Å²) < 4.78 is 1.02. The second-order valence-electron chi connectivity index (χ2n) is 4.42. The summed E-state index contributed by atoms with van der Waals surface area (Å²) in [5.74, 6) is 0.145. The molecule has 0 heterocycles. The molecule has 19 heavy (non-hydrogen) atoms. The molecule has 0 aliphatic carbocycles. The lowest BCUT2D eigenvalue weighted by atomic mass is 9.97. The maximum atomic E-state index is 12.3. The van der Waals surface area contributed by atoms with Crippen LogP contribution in [0.5, 0.6) is 0 Å². The van der Waals surface area contributed by atoms with E-state index >= 15 is 0 Å². The molecular weight excluding hydrogens is 302 g/mol. The summed E-state index contributed by atoms with van der Waals surface area (Å²) >= 11 is 3.39. The maximum Gasteiger partial charge on any atom is 0.167 e. The summed E-state index contributed by atoms with van der Waals surface area (Å²) in [6.07, 6.45) is 1.16. The molecule has 0 amide bonds. The van der Waals surface area contributed by atoms with Crippen molar-refractivity contribution in [2.45, 2.75) is 12.8 Å². The number of hydrogen-bond acceptors (Lipinski definition) is 2. The molecule has 0 aliphatic rings. The molecule has 0 saturated carbocycles. The fourth-order valence-electron chi connectivity index (χ4n) is 2.05. The molecule has 2 nitrogen and oxygen atoms in total.